The van der Waals surface area contributed by atoms with Crippen molar-refractivity contribution in [1.29, 1.82) is 0 Å². The van der Waals surface area contributed by atoms with Gasteiger partial charge in [0.1, 0.15) is 0 Å². The molecule has 0 bridgehead atoms. The van der Waals surface area contributed by atoms with Crippen LogP contribution >= 0.6 is 11.3 Å². The van der Waals surface area contributed by atoms with E-state index in [1.807, 2.05) is 23.5 Å². The number of para-hydroxylation sites is 1. The van der Waals surface area contributed by atoms with Crippen LogP contribution in [0.15, 0.2) is 91.0 Å². The van der Waals surface area contributed by atoms with Crippen molar-refractivity contribution in [1.82, 2.24) is 9.97 Å². The summed E-state index contributed by atoms with van der Waals surface area (Å²) in [7, 11) is -0.389. The minimum atomic E-state index is -0.389. The summed E-state index contributed by atoms with van der Waals surface area (Å²) in [6.07, 6.45) is 0. The Morgan fingerprint density at radius 3 is 2.03 bits per heavy atom. The van der Waals surface area contributed by atoms with Gasteiger partial charge in [-0.3, -0.25) is 0 Å². The first-order chi connectivity index (χ1) is 18.3. The van der Waals surface area contributed by atoms with Crippen LogP contribution in [0, 0.1) is 0 Å². The Bertz CT molecular complexity index is 1830. The smallest absolute Gasteiger partial charge is 0.399 e. The molecule has 0 N–H and O–H groups in total. The van der Waals surface area contributed by atoms with Gasteiger partial charge in [-0.2, -0.15) is 0 Å². The number of benzene rings is 4. The first-order valence-electron chi connectivity index (χ1n) is 12.9. The molecule has 186 valence electrons. The molecule has 4 nitrogen and oxygen atoms in total. The average molecular weight is 514 g/mol. The van der Waals surface area contributed by atoms with Crippen molar-refractivity contribution in [2.45, 2.75) is 38.9 Å². The van der Waals surface area contributed by atoms with E-state index in [0.29, 0.717) is 0 Å². The standard InChI is InChI=1S/C32H27BN2O2S/c1-31(2)32(3,4)37-33(36-31)22-16-13-20(14-17-22)29-25-10-5-7-11-26(25)34-30(35-29)21-15-18-24-23-9-6-8-12-27(23)38-28(24)19-21/h5-19H,1-4H3. The first kappa shape index (κ1) is 23.5. The SMILES string of the molecule is CC1(C)OB(c2ccc(-c3nc(-c4ccc5c(c4)sc4ccccc45)nc4ccccc34)cc2)OC1(C)C. The quantitative estimate of drug-likeness (QED) is 0.228. The monoisotopic (exact) mass is 514 g/mol. The van der Waals surface area contributed by atoms with Crippen LogP contribution in [-0.2, 0) is 9.31 Å². The molecule has 38 heavy (non-hydrogen) atoms. The second kappa shape index (κ2) is 8.47. The minimum Gasteiger partial charge on any atom is -0.399 e. The van der Waals surface area contributed by atoms with Gasteiger partial charge >= 0.3 is 7.12 Å². The summed E-state index contributed by atoms with van der Waals surface area (Å²) in [5.41, 5.74) is 4.16. The van der Waals surface area contributed by atoms with Crippen molar-refractivity contribution >= 4 is 55.0 Å². The molecule has 1 aliphatic heterocycles. The van der Waals surface area contributed by atoms with Crippen molar-refractivity contribution in [2.24, 2.45) is 0 Å². The van der Waals surface area contributed by atoms with Crippen LogP contribution in [0.2, 0.25) is 0 Å². The molecule has 0 saturated carbocycles. The molecule has 6 heteroatoms. The van der Waals surface area contributed by atoms with Crippen molar-refractivity contribution in [3.63, 3.8) is 0 Å². The zero-order valence-corrected chi connectivity index (χ0v) is 22.7. The normalized spacial score (nSPS) is 16.6. The third kappa shape index (κ3) is 3.75. The Morgan fingerprint density at radius 1 is 0.632 bits per heavy atom. The highest BCUT2D eigenvalue weighted by molar-refractivity contribution is 7.25. The molecular formula is C32H27BN2O2S. The topological polar surface area (TPSA) is 44.2 Å². The molecule has 7 rings (SSSR count). The molecule has 0 atom stereocenters. The summed E-state index contributed by atoms with van der Waals surface area (Å²) >= 11 is 1.81. The maximum Gasteiger partial charge on any atom is 0.494 e. The molecule has 6 aromatic rings. The van der Waals surface area contributed by atoms with Crippen LogP contribution < -0.4 is 5.46 Å². The van der Waals surface area contributed by atoms with E-state index in [-0.39, 0.29) is 18.3 Å². The number of hydrogen-bond donors (Lipinski definition) is 0. The van der Waals surface area contributed by atoms with Gasteiger partial charge in [-0.15, -0.1) is 11.3 Å². The van der Waals surface area contributed by atoms with Gasteiger partial charge in [0.05, 0.1) is 22.4 Å². The molecule has 1 saturated heterocycles. The van der Waals surface area contributed by atoms with Gasteiger partial charge in [-0.05, 0) is 51.4 Å². The fourth-order valence-electron chi connectivity index (χ4n) is 5.07. The molecule has 0 spiro atoms. The summed E-state index contributed by atoms with van der Waals surface area (Å²) in [5.74, 6) is 0.730. The highest BCUT2D eigenvalue weighted by atomic mass is 32.1. The Balaban J connectivity index is 1.31. The van der Waals surface area contributed by atoms with E-state index in [1.54, 1.807) is 0 Å². The first-order valence-corrected chi connectivity index (χ1v) is 13.8. The van der Waals surface area contributed by atoms with Crippen LogP contribution in [0.1, 0.15) is 27.7 Å². The second-order valence-electron chi connectivity index (χ2n) is 10.9. The molecular weight excluding hydrogens is 487 g/mol. The van der Waals surface area contributed by atoms with Crippen LogP contribution in [-0.4, -0.2) is 28.3 Å². The van der Waals surface area contributed by atoms with E-state index in [1.165, 1.54) is 20.2 Å². The van der Waals surface area contributed by atoms with Gasteiger partial charge in [-0.25, -0.2) is 9.97 Å². The lowest BCUT2D eigenvalue weighted by Gasteiger charge is -2.32. The Kier molecular flexibility index (Phi) is 5.24. The van der Waals surface area contributed by atoms with E-state index < -0.39 is 0 Å². The lowest BCUT2D eigenvalue weighted by Crippen LogP contribution is -2.41. The summed E-state index contributed by atoms with van der Waals surface area (Å²) in [6, 6.07) is 31.7. The molecule has 4 aromatic carbocycles. The van der Waals surface area contributed by atoms with E-state index in [9.17, 15) is 0 Å². The van der Waals surface area contributed by atoms with E-state index in [0.717, 1.165) is 39.0 Å². The fraction of sp³-hybridized carbons (Fsp3) is 0.188. The van der Waals surface area contributed by atoms with Gasteiger partial charge in [0.25, 0.3) is 0 Å². The lowest BCUT2D eigenvalue weighted by atomic mass is 9.78. The number of nitrogens with zero attached hydrogens (tertiary/aromatic N) is 2. The summed E-state index contributed by atoms with van der Waals surface area (Å²) in [5, 5.41) is 3.59. The zero-order valence-electron chi connectivity index (χ0n) is 21.9. The largest absolute Gasteiger partial charge is 0.494 e. The summed E-state index contributed by atoms with van der Waals surface area (Å²) in [6.45, 7) is 8.30. The van der Waals surface area contributed by atoms with Crippen LogP contribution in [0.5, 0.6) is 0 Å². The van der Waals surface area contributed by atoms with Crippen LogP contribution in [0.4, 0.5) is 0 Å². The predicted molar refractivity (Wildman–Crippen MR) is 159 cm³/mol. The van der Waals surface area contributed by atoms with Crippen molar-refractivity contribution in [3.8, 4) is 22.6 Å². The van der Waals surface area contributed by atoms with Gasteiger partial charge in [0.2, 0.25) is 0 Å². The van der Waals surface area contributed by atoms with Gasteiger partial charge in [0, 0.05) is 36.7 Å². The van der Waals surface area contributed by atoms with Crippen LogP contribution in [0.3, 0.4) is 0 Å². The van der Waals surface area contributed by atoms with Gasteiger partial charge in [0.15, 0.2) is 5.82 Å². The number of aromatic nitrogens is 2. The highest BCUT2D eigenvalue weighted by Gasteiger charge is 2.51. The lowest BCUT2D eigenvalue weighted by molar-refractivity contribution is 0.00578. The fourth-order valence-corrected chi connectivity index (χ4v) is 6.21. The maximum absolute atomic E-state index is 6.25. The van der Waals surface area contributed by atoms with Crippen molar-refractivity contribution < 1.29 is 9.31 Å². The molecule has 0 aliphatic carbocycles. The number of thiophene rings is 1. The number of hydrogen-bond acceptors (Lipinski definition) is 5. The second-order valence-corrected chi connectivity index (χ2v) is 12.0. The van der Waals surface area contributed by atoms with Crippen LogP contribution in [0.25, 0.3) is 53.7 Å². The molecule has 1 aliphatic rings. The predicted octanol–water partition coefficient (Wildman–Crippen LogP) is 7.63. The van der Waals surface area contributed by atoms with E-state index in [4.69, 9.17) is 19.3 Å². The Hall–Kier alpha value is -3.58. The van der Waals surface area contributed by atoms with Gasteiger partial charge < -0.3 is 9.31 Å². The molecule has 0 radical (unpaired) electrons. The zero-order chi connectivity index (χ0) is 26.1. The number of rotatable bonds is 3. The Labute approximate surface area is 226 Å². The third-order valence-corrected chi connectivity index (χ3v) is 9.08. The summed E-state index contributed by atoms with van der Waals surface area (Å²) < 4.78 is 15.0. The number of fused-ring (bicyclic) bond motifs is 4. The molecule has 1 fully saturated rings. The van der Waals surface area contributed by atoms with Crippen molar-refractivity contribution in [3.05, 3.63) is 91.0 Å². The molecule has 0 amide bonds. The highest BCUT2D eigenvalue weighted by Crippen LogP contribution is 2.38. The average Bonchev–Trinajstić information content (AvgIpc) is 3.40. The van der Waals surface area contributed by atoms with Crippen molar-refractivity contribution in [2.75, 3.05) is 0 Å². The minimum absolute atomic E-state index is 0.371. The maximum atomic E-state index is 6.25. The molecule has 0 unspecified atom stereocenters. The Morgan fingerprint density at radius 2 is 1.26 bits per heavy atom. The summed E-state index contributed by atoms with van der Waals surface area (Å²) in [4.78, 5) is 10.1. The van der Waals surface area contributed by atoms with E-state index >= 15 is 0 Å². The van der Waals surface area contributed by atoms with E-state index in [2.05, 4.69) is 107 Å². The molecule has 3 heterocycles. The van der Waals surface area contributed by atoms with Gasteiger partial charge in [-0.1, -0.05) is 72.8 Å². The molecule has 2 aromatic heterocycles. The third-order valence-electron chi connectivity index (χ3n) is 7.95.